The van der Waals surface area contributed by atoms with Crippen molar-refractivity contribution in [2.75, 3.05) is 4.72 Å². The summed E-state index contributed by atoms with van der Waals surface area (Å²) in [5.41, 5.74) is -7.68. The molecule has 0 amide bonds. The third-order valence-corrected chi connectivity index (χ3v) is 3.84. The highest BCUT2D eigenvalue weighted by molar-refractivity contribution is 7.81. The molecule has 14 heteroatoms. The van der Waals surface area contributed by atoms with Crippen LogP contribution in [0.3, 0.4) is 0 Å². The molecule has 1 heterocycles. The van der Waals surface area contributed by atoms with E-state index < -0.39 is 57.8 Å². The smallest absolute Gasteiger partial charge is 0.330 e. The van der Waals surface area contributed by atoms with Crippen molar-refractivity contribution in [3.63, 3.8) is 0 Å². The summed E-state index contributed by atoms with van der Waals surface area (Å²) in [5, 5.41) is 0. The minimum atomic E-state index is -6.05. The number of anilines is 1. The number of benzene rings is 1. The Labute approximate surface area is 155 Å². The second-order valence-corrected chi connectivity index (χ2v) is 5.65. The standard InChI is InChI=1S/C14H8F9N3OS/c1-5-10(12(16,17)14(21,22)23)24-4-26(11(5)27)9-7(15)2-6(13(18,19)20)3-8(9)25-28/h2-4,25,28H,1H3. The van der Waals surface area contributed by atoms with Crippen LogP contribution < -0.4 is 10.3 Å². The fourth-order valence-electron chi connectivity index (χ4n) is 2.25. The van der Waals surface area contributed by atoms with Crippen molar-refractivity contribution in [3.8, 4) is 5.69 Å². The summed E-state index contributed by atoms with van der Waals surface area (Å²) in [6, 6.07) is 0.384. The minimum absolute atomic E-state index is 0.0178. The van der Waals surface area contributed by atoms with E-state index in [1.54, 1.807) is 0 Å². The molecule has 0 spiro atoms. The number of nitrogens with zero attached hydrogens (tertiary/aromatic N) is 2. The molecule has 1 aromatic heterocycles. The summed E-state index contributed by atoms with van der Waals surface area (Å²) >= 11 is 3.50. The number of hydrogen-bond acceptors (Lipinski definition) is 4. The molecule has 154 valence electrons. The maximum Gasteiger partial charge on any atom is 0.459 e. The van der Waals surface area contributed by atoms with Gasteiger partial charge in [0, 0.05) is 5.56 Å². The Morgan fingerprint density at radius 3 is 2.11 bits per heavy atom. The SMILES string of the molecule is Cc1c(C(F)(F)C(F)(F)F)ncn(-c2c(F)cc(C(F)(F)F)cc2NS)c1=O. The van der Waals surface area contributed by atoms with E-state index in [-0.39, 0.29) is 17.0 Å². The monoisotopic (exact) mass is 437 g/mol. The first-order chi connectivity index (χ1) is 12.6. The fourth-order valence-corrected chi connectivity index (χ4v) is 2.42. The van der Waals surface area contributed by atoms with Gasteiger partial charge >= 0.3 is 18.3 Å². The normalized spacial score (nSPS) is 13.0. The van der Waals surface area contributed by atoms with Crippen LogP contribution in [0.15, 0.2) is 23.3 Å². The maximum absolute atomic E-state index is 14.3. The average Bonchev–Trinajstić information content (AvgIpc) is 2.55. The number of hydrogen-bond donors (Lipinski definition) is 2. The molecule has 0 atom stereocenters. The molecule has 0 aliphatic heterocycles. The van der Waals surface area contributed by atoms with E-state index in [2.05, 4.69) is 17.8 Å². The van der Waals surface area contributed by atoms with Crippen molar-refractivity contribution in [1.82, 2.24) is 9.55 Å². The van der Waals surface area contributed by atoms with Crippen molar-refractivity contribution >= 4 is 18.5 Å². The van der Waals surface area contributed by atoms with Gasteiger partial charge in [-0.25, -0.2) is 9.37 Å². The van der Waals surface area contributed by atoms with Crippen LogP contribution in [0, 0.1) is 12.7 Å². The summed E-state index contributed by atoms with van der Waals surface area (Å²) in [4.78, 5) is 15.1. The highest BCUT2D eigenvalue weighted by Gasteiger charge is 2.60. The Bertz CT molecular complexity index is 966. The minimum Gasteiger partial charge on any atom is -0.330 e. The van der Waals surface area contributed by atoms with Crippen molar-refractivity contribution in [1.29, 1.82) is 0 Å². The molecule has 2 aromatic rings. The highest BCUT2D eigenvalue weighted by Crippen LogP contribution is 2.43. The van der Waals surface area contributed by atoms with E-state index >= 15 is 0 Å². The van der Waals surface area contributed by atoms with Crippen LogP contribution in [0.5, 0.6) is 0 Å². The Morgan fingerprint density at radius 1 is 1.07 bits per heavy atom. The van der Waals surface area contributed by atoms with Gasteiger partial charge in [-0.2, -0.15) is 35.1 Å². The Hall–Kier alpha value is -2.38. The molecule has 0 aliphatic carbocycles. The molecule has 0 unspecified atom stereocenters. The van der Waals surface area contributed by atoms with Crippen molar-refractivity contribution in [3.05, 3.63) is 51.5 Å². The number of aromatic nitrogens is 2. The second-order valence-electron chi connectivity index (χ2n) is 5.43. The zero-order chi connectivity index (χ0) is 21.7. The van der Waals surface area contributed by atoms with Crippen molar-refractivity contribution in [2.24, 2.45) is 0 Å². The van der Waals surface area contributed by atoms with E-state index in [1.165, 1.54) is 0 Å². The van der Waals surface area contributed by atoms with Crippen molar-refractivity contribution in [2.45, 2.75) is 25.2 Å². The molecule has 0 fully saturated rings. The molecule has 0 saturated heterocycles. The lowest BCUT2D eigenvalue weighted by Crippen LogP contribution is -2.38. The summed E-state index contributed by atoms with van der Waals surface area (Å²) < 4.78 is 119. The largest absolute Gasteiger partial charge is 0.459 e. The number of rotatable bonds is 3. The van der Waals surface area contributed by atoms with Crippen molar-refractivity contribution < 1.29 is 39.5 Å². The highest BCUT2D eigenvalue weighted by atomic mass is 32.1. The van der Waals surface area contributed by atoms with E-state index in [0.29, 0.717) is 13.0 Å². The van der Waals surface area contributed by atoms with Gasteiger partial charge in [0.25, 0.3) is 5.56 Å². The van der Waals surface area contributed by atoms with Gasteiger partial charge < -0.3 is 4.72 Å². The Balaban J connectivity index is 2.75. The lowest BCUT2D eigenvalue weighted by Gasteiger charge is -2.21. The first-order valence-corrected chi connectivity index (χ1v) is 7.42. The summed E-state index contributed by atoms with van der Waals surface area (Å²) in [6.45, 7) is 0.594. The first kappa shape index (κ1) is 21.9. The van der Waals surface area contributed by atoms with Crippen LogP contribution in [0.2, 0.25) is 0 Å². The third-order valence-electron chi connectivity index (χ3n) is 3.60. The zero-order valence-corrected chi connectivity index (χ0v) is 14.3. The summed E-state index contributed by atoms with van der Waals surface area (Å²) in [7, 11) is 0. The van der Waals surface area contributed by atoms with Crippen LogP contribution in [0.25, 0.3) is 5.69 Å². The molecule has 28 heavy (non-hydrogen) atoms. The van der Waals surface area contributed by atoms with Gasteiger partial charge in [-0.3, -0.25) is 9.36 Å². The number of halogens is 9. The topological polar surface area (TPSA) is 46.9 Å². The Morgan fingerprint density at radius 2 is 1.64 bits per heavy atom. The van der Waals surface area contributed by atoms with Gasteiger partial charge in [0.15, 0.2) is 0 Å². The Kier molecular flexibility index (Phi) is 5.40. The van der Waals surface area contributed by atoms with Gasteiger partial charge in [0.2, 0.25) is 0 Å². The van der Waals surface area contributed by atoms with Gasteiger partial charge in [0.05, 0.1) is 11.3 Å². The molecule has 1 aromatic carbocycles. The van der Waals surface area contributed by atoms with Gasteiger partial charge in [-0.05, 0) is 19.1 Å². The van der Waals surface area contributed by atoms with Crippen LogP contribution in [-0.4, -0.2) is 15.7 Å². The van der Waals surface area contributed by atoms with E-state index in [9.17, 15) is 44.3 Å². The quantitative estimate of drug-likeness (QED) is 0.545. The van der Waals surface area contributed by atoms with E-state index in [1.807, 2.05) is 4.72 Å². The second kappa shape index (κ2) is 6.90. The van der Waals surface area contributed by atoms with Gasteiger partial charge in [-0.1, -0.05) is 12.8 Å². The molecular formula is C14H8F9N3OS. The predicted octanol–water partition coefficient (Wildman–Crippen LogP) is 4.61. The zero-order valence-electron chi connectivity index (χ0n) is 13.4. The van der Waals surface area contributed by atoms with Crippen LogP contribution in [0.1, 0.15) is 16.8 Å². The van der Waals surface area contributed by atoms with E-state index in [4.69, 9.17) is 0 Å². The first-order valence-electron chi connectivity index (χ1n) is 6.97. The number of nitrogens with one attached hydrogen (secondary N) is 1. The lowest BCUT2D eigenvalue weighted by atomic mass is 10.1. The van der Waals surface area contributed by atoms with Crippen LogP contribution in [0.4, 0.5) is 45.2 Å². The molecule has 0 aliphatic rings. The molecule has 2 rings (SSSR count). The lowest BCUT2D eigenvalue weighted by molar-refractivity contribution is -0.291. The molecule has 0 saturated carbocycles. The van der Waals surface area contributed by atoms with Gasteiger partial charge in [-0.15, -0.1) is 0 Å². The summed E-state index contributed by atoms with van der Waals surface area (Å²) in [5.74, 6) is -7.09. The molecule has 0 bridgehead atoms. The molecule has 0 radical (unpaired) electrons. The van der Waals surface area contributed by atoms with E-state index in [0.717, 1.165) is 0 Å². The average molecular weight is 437 g/mol. The molecular weight excluding hydrogens is 429 g/mol. The molecule has 1 N–H and O–H groups in total. The summed E-state index contributed by atoms with van der Waals surface area (Å²) in [6.07, 6.45) is -10.9. The van der Waals surface area contributed by atoms with Gasteiger partial charge in [0.1, 0.15) is 23.5 Å². The maximum atomic E-state index is 14.3. The van der Waals surface area contributed by atoms with Crippen LogP contribution in [-0.2, 0) is 12.1 Å². The fraction of sp³-hybridized carbons (Fsp3) is 0.286. The van der Waals surface area contributed by atoms with Crippen LogP contribution >= 0.6 is 12.8 Å². The number of alkyl halides is 8. The number of thiol groups is 1. The predicted molar refractivity (Wildman–Crippen MR) is 82.1 cm³/mol. The molecule has 4 nitrogen and oxygen atoms in total. The third kappa shape index (κ3) is 3.64.